The molecular formula is C8H13O3PS. The summed E-state index contributed by atoms with van der Waals surface area (Å²) in [6, 6.07) is 1.77. The molecule has 0 amide bonds. The molecule has 0 N–H and O–H groups in total. The molecule has 0 saturated carbocycles. The molecule has 1 rings (SSSR count). The van der Waals surface area contributed by atoms with Gasteiger partial charge in [-0.2, -0.15) is 11.3 Å². The molecule has 0 aliphatic rings. The fourth-order valence-electron chi connectivity index (χ4n) is 0.939. The second kappa shape index (κ2) is 4.91. The third-order valence-electron chi connectivity index (χ3n) is 1.42. The summed E-state index contributed by atoms with van der Waals surface area (Å²) in [4.78, 5) is 0. The van der Waals surface area contributed by atoms with Crippen LogP contribution in [0.25, 0.3) is 0 Å². The smallest absolute Gasteiger partial charge is 0.305 e. The average Bonchev–Trinajstić information content (AvgIpc) is 2.57. The van der Waals surface area contributed by atoms with Gasteiger partial charge >= 0.3 is 7.60 Å². The van der Waals surface area contributed by atoms with Crippen molar-refractivity contribution in [1.29, 1.82) is 0 Å². The highest BCUT2D eigenvalue weighted by atomic mass is 32.1. The summed E-state index contributed by atoms with van der Waals surface area (Å²) in [7, 11) is -3.01. The lowest BCUT2D eigenvalue weighted by molar-refractivity contribution is 0.230. The monoisotopic (exact) mass is 220 g/mol. The van der Waals surface area contributed by atoms with Gasteiger partial charge in [-0.25, -0.2) is 0 Å². The summed E-state index contributed by atoms with van der Waals surface area (Å²) in [6.45, 7) is 4.40. The maximum Gasteiger partial charge on any atom is 0.362 e. The highest BCUT2D eigenvalue weighted by Gasteiger charge is 2.26. The Morgan fingerprint density at radius 2 is 2.00 bits per heavy atom. The molecule has 0 bridgehead atoms. The van der Waals surface area contributed by atoms with Gasteiger partial charge in [0.1, 0.15) is 0 Å². The van der Waals surface area contributed by atoms with E-state index in [-0.39, 0.29) is 0 Å². The van der Waals surface area contributed by atoms with Crippen LogP contribution in [0.5, 0.6) is 0 Å². The van der Waals surface area contributed by atoms with Gasteiger partial charge in [0.25, 0.3) is 0 Å². The molecule has 0 spiro atoms. The standard InChI is InChI=1S/C8H13O3PS/c1-3-10-12(9,11-4-2)8-5-6-13-7-8/h5-7H,3-4H2,1-2H3. The van der Waals surface area contributed by atoms with E-state index in [0.717, 1.165) is 0 Å². The second-order valence-electron chi connectivity index (χ2n) is 2.31. The van der Waals surface area contributed by atoms with Crippen molar-refractivity contribution in [2.45, 2.75) is 13.8 Å². The van der Waals surface area contributed by atoms with Crippen molar-refractivity contribution >= 4 is 24.2 Å². The average molecular weight is 220 g/mol. The van der Waals surface area contributed by atoms with Gasteiger partial charge in [0, 0.05) is 5.38 Å². The summed E-state index contributed by atoms with van der Waals surface area (Å²) in [5.41, 5.74) is 0. The molecule has 1 heterocycles. The summed E-state index contributed by atoms with van der Waals surface area (Å²) in [5.74, 6) is 0. The lowest BCUT2D eigenvalue weighted by Gasteiger charge is -2.15. The Morgan fingerprint density at radius 1 is 1.38 bits per heavy atom. The van der Waals surface area contributed by atoms with Crippen molar-refractivity contribution in [1.82, 2.24) is 0 Å². The number of hydrogen-bond acceptors (Lipinski definition) is 4. The predicted octanol–water partition coefficient (Wildman–Crippen LogP) is 2.64. The van der Waals surface area contributed by atoms with E-state index < -0.39 is 7.60 Å². The predicted molar refractivity (Wildman–Crippen MR) is 54.8 cm³/mol. The Labute approximate surface area is 82.2 Å². The summed E-state index contributed by atoms with van der Waals surface area (Å²) in [5, 5.41) is 4.31. The SMILES string of the molecule is CCOP(=O)(OCC)c1ccsc1. The van der Waals surface area contributed by atoms with Crippen molar-refractivity contribution in [3.8, 4) is 0 Å². The molecule has 0 fully saturated rings. The Kier molecular flexibility index (Phi) is 4.13. The molecule has 1 aromatic heterocycles. The molecule has 0 radical (unpaired) electrons. The number of thiophene rings is 1. The summed E-state index contributed by atoms with van der Waals surface area (Å²) < 4.78 is 22.3. The Hall–Kier alpha value is -0.150. The molecular weight excluding hydrogens is 207 g/mol. The van der Waals surface area contributed by atoms with E-state index in [0.29, 0.717) is 18.5 Å². The van der Waals surface area contributed by atoms with Crippen molar-refractivity contribution in [3.05, 3.63) is 16.8 Å². The first-order chi connectivity index (χ1) is 6.23. The first-order valence-corrected chi connectivity index (χ1v) is 6.63. The molecule has 0 aliphatic carbocycles. The molecule has 1 aromatic rings. The van der Waals surface area contributed by atoms with E-state index in [2.05, 4.69) is 0 Å². The van der Waals surface area contributed by atoms with E-state index in [1.54, 1.807) is 25.3 Å². The zero-order chi connectivity index (χ0) is 9.73. The summed E-state index contributed by atoms with van der Waals surface area (Å²) in [6.07, 6.45) is 0. The molecule has 5 heteroatoms. The first-order valence-electron chi connectivity index (χ1n) is 4.14. The highest BCUT2D eigenvalue weighted by molar-refractivity contribution is 7.62. The van der Waals surface area contributed by atoms with Crippen LogP contribution in [0.4, 0.5) is 0 Å². The first kappa shape index (κ1) is 10.9. The van der Waals surface area contributed by atoms with Crippen LogP contribution in [0, 0.1) is 0 Å². The Balaban J connectivity index is 2.85. The maximum atomic E-state index is 12.0. The van der Waals surface area contributed by atoms with Gasteiger partial charge in [-0.15, -0.1) is 0 Å². The molecule has 0 aliphatic heterocycles. The number of rotatable bonds is 5. The van der Waals surface area contributed by atoms with Crippen LogP contribution >= 0.6 is 18.9 Å². The quantitative estimate of drug-likeness (QED) is 0.715. The molecule has 74 valence electrons. The van der Waals surface area contributed by atoms with Crippen LogP contribution in [-0.2, 0) is 13.6 Å². The zero-order valence-corrected chi connectivity index (χ0v) is 9.44. The van der Waals surface area contributed by atoms with Gasteiger partial charge < -0.3 is 9.05 Å². The lowest BCUT2D eigenvalue weighted by atomic mass is 10.7. The van der Waals surface area contributed by atoms with Gasteiger partial charge in [0.05, 0.1) is 18.5 Å². The van der Waals surface area contributed by atoms with E-state index in [1.165, 1.54) is 11.3 Å². The third kappa shape index (κ3) is 2.64. The summed E-state index contributed by atoms with van der Waals surface area (Å²) >= 11 is 1.49. The maximum absolute atomic E-state index is 12.0. The molecule has 0 unspecified atom stereocenters. The van der Waals surface area contributed by atoms with Crippen molar-refractivity contribution in [2.24, 2.45) is 0 Å². The van der Waals surface area contributed by atoms with E-state index >= 15 is 0 Å². The van der Waals surface area contributed by atoms with Gasteiger partial charge in [0.2, 0.25) is 0 Å². The molecule has 0 saturated heterocycles. The number of hydrogen-bond donors (Lipinski definition) is 0. The fourth-order valence-corrected chi connectivity index (χ4v) is 3.57. The molecule has 3 nitrogen and oxygen atoms in total. The molecule has 0 aromatic carbocycles. The minimum absolute atomic E-state index is 0.396. The van der Waals surface area contributed by atoms with Crippen LogP contribution in [0.15, 0.2) is 16.8 Å². The minimum Gasteiger partial charge on any atom is -0.305 e. The van der Waals surface area contributed by atoms with Crippen LogP contribution in [0.1, 0.15) is 13.8 Å². The van der Waals surface area contributed by atoms with Gasteiger partial charge in [0.15, 0.2) is 0 Å². The van der Waals surface area contributed by atoms with Crippen molar-refractivity contribution in [3.63, 3.8) is 0 Å². The van der Waals surface area contributed by atoms with Gasteiger partial charge in [-0.05, 0) is 25.3 Å². The zero-order valence-electron chi connectivity index (χ0n) is 7.73. The van der Waals surface area contributed by atoms with Crippen molar-refractivity contribution in [2.75, 3.05) is 13.2 Å². The normalized spacial score (nSPS) is 11.8. The van der Waals surface area contributed by atoms with E-state index in [1.807, 2.05) is 5.38 Å². The third-order valence-corrected chi connectivity index (χ3v) is 4.39. The largest absolute Gasteiger partial charge is 0.362 e. The van der Waals surface area contributed by atoms with Crippen LogP contribution in [-0.4, -0.2) is 13.2 Å². The Morgan fingerprint density at radius 3 is 2.38 bits per heavy atom. The van der Waals surface area contributed by atoms with Crippen molar-refractivity contribution < 1.29 is 13.6 Å². The minimum atomic E-state index is -3.01. The van der Waals surface area contributed by atoms with Crippen LogP contribution in [0.2, 0.25) is 0 Å². The fraction of sp³-hybridized carbons (Fsp3) is 0.500. The van der Waals surface area contributed by atoms with E-state index in [9.17, 15) is 4.57 Å². The van der Waals surface area contributed by atoms with Crippen LogP contribution < -0.4 is 5.30 Å². The van der Waals surface area contributed by atoms with Crippen LogP contribution in [0.3, 0.4) is 0 Å². The second-order valence-corrected chi connectivity index (χ2v) is 5.12. The Bertz CT molecular complexity index is 274. The highest BCUT2D eigenvalue weighted by Crippen LogP contribution is 2.47. The topological polar surface area (TPSA) is 35.5 Å². The van der Waals surface area contributed by atoms with Gasteiger partial charge in [-0.3, -0.25) is 4.57 Å². The lowest BCUT2D eigenvalue weighted by Crippen LogP contribution is -2.07. The van der Waals surface area contributed by atoms with Gasteiger partial charge in [-0.1, -0.05) is 0 Å². The van der Waals surface area contributed by atoms with E-state index in [4.69, 9.17) is 9.05 Å². The molecule has 13 heavy (non-hydrogen) atoms. The molecule has 0 atom stereocenters.